The minimum atomic E-state index is -0.927. The molecule has 0 aliphatic carbocycles. The van der Waals surface area contributed by atoms with Crippen molar-refractivity contribution in [1.29, 1.82) is 0 Å². The maximum atomic E-state index is 11.8. The van der Waals surface area contributed by atoms with E-state index in [4.69, 9.17) is 0 Å². The van der Waals surface area contributed by atoms with Crippen LogP contribution >= 0.6 is 0 Å². The highest BCUT2D eigenvalue weighted by Crippen LogP contribution is 2.27. The maximum absolute atomic E-state index is 11.8. The van der Waals surface area contributed by atoms with Gasteiger partial charge >= 0.3 is 5.97 Å². The van der Waals surface area contributed by atoms with Crippen molar-refractivity contribution in [3.8, 4) is 22.4 Å². The molecule has 0 aliphatic heterocycles. The van der Waals surface area contributed by atoms with E-state index in [-0.39, 0.29) is 0 Å². The molecule has 1 heterocycles. The van der Waals surface area contributed by atoms with Gasteiger partial charge in [0.2, 0.25) is 0 Å². The zero-order chi connectivity index (χ0) is 23.3. The lowest BCUT2D eigenvalue weighted by atomic mass is 9.99. The number of fused-ring (bicyclic) bond motifs is 1. The van der Waals surface area contributed by atoms with Gasteiger partial charge in [-0.25, -0.2) is 14.8 Å². The summed E-state index contributed by atoms with van der Waals surface area (Å²) < 4.78 is 0. The van der Waals surface area contributed by atoms with Crippen molar-refractivity contribution in [2.75, 3.05) is 5.32 Å². The smallest absolute Gasteiger partial charge is 0.326 e. The van der Waals surface area contributed by atoms with Crippen LogP contribution in [0.3, 0.4) is 0 Å². The van der Waals surface area contributed by atoms with E-state index in [0.29, 0.717) is 12.2 Å². The number of carbonyl (C=O) groups is 1. The van der Waals surface area contributed by atoms with Gasteiger partial charge in [-0.15, -0.1) is 0 Å². The lowest BCUT2D eigenvalue weighted by Crippen LogP contribution is -2.31. The number of benzene rings is 4. The van der Waals surface area contributed by atoms with E-state index in [1.807, 2.05) is 54.6 Å². The molecule has 2 N–H and O–H groups in total. The van der Waals surface area contributed by atoms with Crippen molar-refractivity contribution in [2.45, 2.75) is 12.5 Å². The highest BCUT2D eigenvalue weighted by atomic mass is 16.4. The highest BCUT2D eigenvalue weighted by Gasteiger charge is 2.18. The van der Waals surface area contributed by atoms with Crippen molar-refractivity contribution in [1.82, 2.24) is 9.97 Å². The molecule has 0 bridgehead atoms. The van der Waals surface area contributed by atoms with Crippen LogP contribution in [0, 0.1) is 0 Å². The topological polar surface area (TPSA) is 75.1 Å². The van der Waals surface area contributed by atoms with Crippen LogP contribution in [0.15, 0.2) is 109 Å². The normalized spacial score (nSPS) is 11.8. The second-order valence-electron chi connectivity index (χ2n) is 8.15. The Morgan fingerprint density at radius 3 is 2.18 bits per heavy atom. The summed E-state index contributed by atoms with van der Waals surface area (Å²) in [7, 11) is 0. The second-order valence-corrected chi connectivity index (χ2v) is 8.15. The van der Waals surface area contributed by atoms with E-state index in [2.05, 4.69) is 57.7 Å². The van der Waals surface area contributed by atoms with E-state index in [1.54, 1.807) is 6.07 Å². The molecule has 0 saturated heterocycles. The molecule has 1 aromatic heterocycles. The molecule has 166 valence electrons. The maximum Gasteiger partial charge on any atom is 0.326 e. The fourth-order valence-electron chi connectivity index (χ4n) is 4.02. The van der Waals surface area contributed by atoms with Crippen molar-refractivity contribution in [3.63, 3.8) is 0 Å². The van der Waals surface area contributed by atoms with Gasteiger partial charge in [0.05, 0.1) is 5.69 Å². The Morgan fingerprint density at radius 2 is 1.41 bits per heavy atom. The Morgan fingerprint density at radius 1 is 0.735 bits per heavy atom. The van der Waals surface area contributed by atoms with Gasteiger partial charge in [-0.2, -0.15) is 0 Å². The van der Waals surface area contributed by atoms with Gasteiger partial charge in [0.15, 0.2) is 0 Å². The van der Waals surface area contributed by atoms with Crippen molar-refractivity contribution in [2.24, 2.45) is 0 Å². The summed E-state index contributed by atoms with van der Waals surface area (Å²) in [5.74, 6) is -0.448. The predicted octanol–water partition coefficient (Wildman–Crippen LogP) is 6.07. The molecule has 0 amide bonds. The molecule has 34 heavy (non-hydrogen) atoms. The van der Waals surface area contributed by atoms with Gasteiger partial charge in [-0.3, -0.25) is 0 Å². The largest absolute Gasteiger partial charge is 0.480 e. The van der Waals surface area contributed by atoms with E-state index in [0.717, 1.165) is 27.9 Å². The Hall–Kier alpha value is -4.51. The Bertz CT molecular complexity index is 1430. The van der Waals surface area contributed by atoms with Crippen LogP contribution in [0.2, 0.25) is 0 Å². The Balaban J connectivity index is 1.35. The van der Waals surface area contributed by atoms with E-state index < -0.39 is 12.0 Å². The summed E-state index contributed by atoms with van der Waals surface area (Å²) in [5, 5.41) is 15.1. The number of aromatic nitrogens is 2. The first-order chi connectivity index (χ1) is 16.7. The quantitative estimate of drug-likeness (QED) is 0.318. The minimum Gasteiger partial charge on any atom is -0.480 e. The number of nitrogens with one attached hydrogen (secondary N) is 1. The first-order valence-electron chi connectivity index (χ1n) is 11.1. The average molecular weight is 446 g/mol. The van der Waals surface area contributed by atoms with E-state index in [9.17, 15) is 9.90 Å². The van der Waals surface area contributed by atoms with Crippen molar-refractivity contribution >= 4 is 22.6 Å². The van der Waals surface area contributed by atoms with Crippen LogP contribution in [-0.2, 0) is 11.2 Å². The molecule has 5 heteroatoms. The molecule has 0 aliphatic rings. The molecule has 0 radical (unpaired) electrons. The van der Waals surface area contributed by atoms with Crippen LogP contribution in [0.4, 0.5) is 5.82 Å². The average Bonchev–Trinajstić information content (AvgIpc) is 2.89. The van der Waals surface area contributed by atoms with Gasteiger partial charge < -0.3 is 10.4 Å². The Kier molecular flexibility index (Phi) is 5.99. The van der Waals surface area contributed by atoms with Crippen molar-refractivity contribution < 1.29 is 9.90 Å². The molecule has 0 fully saturated rings. The number of rotatable bonds is 7. The molecular formula is C29H23N3O2. The fraction of sp³-hybridized carbons (Fsp3) is 0.0690. The number of anilines is 1. The first-order valence-corrected chi connectivity index (χ1v) is 11.1. The molecule has 0 saturated carbocycles. The number of hydrogen-bond donors (Lipinski definition) is 2. The molecular weight excluding hydrogens is 422 g/mol. The van der Waals surface area contributed by atoms with E-state index >= 15 is 0 Å². The number of carboxylic acids is 1. The molecule has 1 atom stereocenters. The SMILES string of the molecule is O=C(O)C(Cc1ccccc1)Nc1cc(-c2ccc(-c3ccc4ccccc4c3)cc2)ncn1. The third kappa shape index (κ3) is 4.79. The van der Waals surface area contributed by atoms with Gasteiger partial charge in [0, 0.05) is 18.1 Å². The van der Waals surface area contributed by atoms with Crippen LogP contribution < -0.4 is 5.32 Å². The number of nitrogens with zero attached hydrogens (tertiary/aromatic N) is 2. The van der Waals surface area contributed by atoms with E-state index in [1.165, 1.54) is 17.1 Å². The third-order valence-corrected chi connectivity index (χ3v) is 5.83. The summed E-state index contributed by atoms with van der Waals surface area (Å²) in [6.45, 7) is 0. The zero-order valence-electron chi connectivity index (χ0n) is 18.4. The lowest BCUT2D eigenvalue weighted by Gasteiger charge is -2.15. The fourth-order valence-corrected chi connectivity index (χ4v) is 4.02. The molecule has 4 aromatic carbocycles. The van der Waals surface area contributed by atoms with Crippen LogP contribution in [0.1, 0.15) is 5.56 Å². The van der Waals surface area contributed by atoms with Gasteiger partial charge in [0.25, 0.3) is 0 Å². The summed E-state index contributed by atoms with van der Waals surface area (Å²) >= 11 is 0. The summed E-state index contributed by atoms with van der Waals surface area (Å²) in [6.07, 6.45) is 1.81. The first kappa shape index (κ1) is 21.3. The van der Waals surface area contributed by atoms with Crippen molar-refractivity contribution in [3.05, 3.63) is 115 Å². The summed E-state index contributed by atoms with van der Waals surface area (Å²) in [5.41, 5.74) is 4.88. The highest BCUT2D eigenvalue weighted by molar-refractivity contribution is 5.87. The number of aliphatic carboxylic acids is 1. The monoisotopic (exact) mass is 445 g/mol. The molecule has 1 unspecified atom stereocenters. The van der Waals surface area contributed by atoms with Gasteiger partial charge in [-0.1, -0.05) is 91.0 Å². The second kappa shape index (κ2) is 9.55. The number of hydrogen-bond acceptors (Lipinski definition) is 4. The third-order valence-electron chi connectivity index (χ3n) is 5.83. The molecule has 5 rings (SSSR count). The summed E-state index contributed by atoms with van der Waals surface area (Å²) in [6, 6.07) is 33.5. The summed E-state index contributed by atoms with van der Waals surface area (Å²) in [4.78, 5) is 20.4. The molecule has 5 nitrogen and oxygen atoms in total. The standard InChI is InChI=1S/C29H23N3O2/c33-29(34)27(16-20-6-2-1-3-7-20)32-28-18-26(30-19-31-28)23-13-10-22(11-14-23)25-15-12-21-8-4-5-9-24(21)17-25/h1-15,17-19,27H,16H2,(H,33,34)(H,30,31,32). The molecule has 5 aromatic rings. The zero-order valence-corrected chi connectivity index (χ0v) is 18.4. The van der Waals surface area contributed by atoms with Gasteiger partial charge in [0.1, 0.15) is 18.2 Å². The minimum absolute atomic E-state index is 0.357. The van der Waals surface area contributed by atoms with Crippen LogP contribution in [0.25, 0.3) is 33.2 Å². The predicted molar refractivity (Wildman–Crippen MR) is 136 cm³/mol. The van der Waals surface area contributed by atoms with Gasteiger partial charge in [-0.05, 0) is 33.5 Å². The lowest BCUT2D eigenvalue weighted by molar-refractivity contribution is -0.137. The van der Waals surface area contributed by atoms with Crippen LogP contribution in [-0.4, -0.2) is 27.1 Å². The Labute approximate surface area is 197 Å². The number of carboxylic acid groups (broad SMARTS) is 1. The van der Waals surface area contributed by atoms with Crippen LogP contribution in [0.5, 0.6) is 0 Å². The molecule has 0 spiro atoms.